The van der Waals surface area contributed by atoms with Gasteiger partial charge in [-0.15, -0.1) is 11.3 Å². The Bertz CT molecular complexity index is 558. The Morgan fingerprint density at radius 1 is 1.47 bits per heavy atom. The van der Waals surface area contributed by atoms with Crippen LogP contribution in [-0.4, -0.2) is 14.2 Å². The first kappa shape index (κ1) is 14.5. The molecule has 0 amide bonds. The molecule has 1 aromatic carbocycles. The molecule has 2 nitrogen and oxygen atoms in total. The third-order valence-corrected chi connectivity index (χ3v) is 4.55. The van der Waals surface area contributed by atoms with Gasteiger partial charge in [0.25, 0.3) is 0 Å². The van der Waals surface area contributed by atoms with Crippen LogP contribution in [0.3, 0.4) is 0 Å². The van der Waals surface area contributed by atoms with Crippen molar-refractivity contribution in [1.29, 1.82) is 0 Å². The summed E-state index contributed by atoms with van der Waals surface area (Å²) in [6.45, 7) is 0. The summed E-state index contributed by atoms with van der Waals surface area (Å²) in [6.07, 6.45) is 0.586. The van der Waals surface area contributed by atoms with Crippen molar-refractivity contribution in [2.45, 2.75) is 12.5 Å². The van der Waals surface area contributed by atoms with Crippen molar-refractivity contribution in [3.8, 4) is 5.75 Å². The Hall–Kier alpha value is -0.910. The molecule has 1 aromatic heterocycles. The molecule has 0 saturated heterocycles. The van der Waals surface area contributed by atoms with Crippen LogP contribution >= 0.6 is 27.3 Å². The van der Waals surface area contributed by atoms with E-state index < -0.39 is 0 Å². The van der Waals surface area contributed by atoms with Crippen molar-refractivity contribution in [3.05, 3.63) is 50.4 Å². The predicted octanol–water partition coefficient (Wildman–Crippen LogP) is 4.16. The molecule has 1 N–H and O–H groups in total. The lowest BCUT2D eigenvalue weighted by Crippen LogP contribution is -2.18. The number of nitrogens with one attached hydrogen (secondary N) is 1. The van der Waals surface area contributed by atoms with Crippen LogP contribution in [0.4, 0.5) is 4.39 Å². The molecule has 0 fully saturated rings. The molecule has 2 rings (SSSR count). The van der Waals surface area contributed by atoms with Gasteiger partial charge < -0.3 is 10.1 Å². The quantitative estimate of drug-likeness (QED) is 0.879. The Morgan fingerprint density at radius 2 is 2.26 bits per heavy atom. The van der Waals surface area contributed by atoms with E-state index in [0.29, 0.717) is 17.7 Å². The van der Waals surface area contributed by atoms with Crippen molar-refractivity contribution in [1.82, 2.24) is 5.32 Å². The van der Waals surface area contributed by atoms with Gasteiger partial charge >= 0.3 is 0 Å². The number of thiophene rings is 1. The highest BCUT2D eigenvalue weighted by molar-refractivity contribution is 9.11. The summed E-state index contributed by atoms with van der Waals surface area (Å²) < 4.78 is 20.2. The highest BCUT2D eigenvalue weighted by Gasteiger charge is 2.16. The summed E-state index contributed by atoms with van der Waals surface area (Å²) in [5.74, 6) is 0.0124. The van der Waals surface area contributed by atoms with Crippen molar-refractivity contribution >= 4 is 27.3 Å². The molecule has 0 aliphatic heterocycles. The van der Waals surface area contributed by atoms with Crippen LogP contribution in [0.25, 0.3) is 0 Å². The fraction of sp³-hybridized carbons (Fsp3) is 0.286. The standard InChI is InChI=1S/C14H15BrFNOS/c1-17-11(10-7-13(15)19-8-10)6-9-4-3-5-12(18-2)14(9)16/h3-5,7-8,11,17H,6H2,1-2H3. The number of ether oxygens (including phenoxy) is 1. The zero-order valence-electron chi connectivity index (χ0n) is 10.7. The van der Waals surface area contributed by atoms with Crippen molar-refractivity contribution < 1.29 is 9.13 Å². The number of halogens is 2. The molecular formula is C14H15BrFNOS. The van der Waals surface area contributed by atoms with Crippen LogP contribution in [0.15, 0.2) is 33.4 Å². The molecule has 1 unspecified atom stereocenters. The van der Waals surface area contributed by atoms with E-state index in [1.54, 1.807) is 23.5 Å². The van der Waals surface area contributed by atoms with Gasteiger partial charge in [-0.1, -0.05) is 12.1 Å². The van der Waals surface area contributed by atoms with Crippen LogP contribution in [0.5, 0.6) is 5.75 Å². The summed E-state index contributed by atoms with van der Waals surface area (Å²) in [7, 11) is 3.36. The normalized spacial score (nSPS) is 12.4. The van der Waals surface area contributed by atoms with E-state index in [-0.39, 0.29) is 11.9 Å². The van der Waals surface area contributed by atoms with E-state index in [0.717, 1.165) is 9.35 Å². The molecule has 0 bridgehead atoms. The number of hydrogen-bond acceptors (Lipinski definition) is 3. The van der Waals surface area contributed by atoms with Gasteiger partial charge in [0, 0.05) is 6.04 Å². The Kier molecular flexibility index (Phi) is 4.96. The number of methoxy groups -OCH3 is 1. The van der Waals surface area contributed by atoms with Gasteiger partial charge in [0.1, 0.15) is 0 Å². The van der Waals surface area contributed by atoms with Gasteiger partial charge in [-0.2, -0.15) is 0 Å². The van der Waals surface area contributed by atoms with E-state index in [1.807, 2.05) is 13.1 Å². The maximum absolute atomic E-state index is 14.1. The molecule has 102 valence electrons. The lowest BCUT2D eigenvalue weighted by atomic mass is 10.0. The summed E-state index contributed by atoms with van der Waals surface area (Å²) in [5.41, 5.74) is 1.81. The summed E-state index contributed by atoms with van der Waals surface area (Å²) in [6, 6.07) is 7.39. The number of benzene rings is 1. The van der Waals surface area contributed by atoms with E-state index >= 15 is 0 Å². The summed E-state index contributed by atoms with van der Waals surface area (Å²) in [4.78, 5) is 0. The van der Waals surface area contributed by atoms with Crippen LogP contribution in [0.1, 0.15) is 17.2 Å². The highest BCUT2D eigenvalue weighted by atomic mass is 79.9. The molecule has 1 atom stereocenters. The fourth-order valence-corrected chi connectivity index (χ4v) is 3.21. The van der Waals surface area contributed by atoms with Gasteiger partial charge in [-0.05, 0) is 58.0 Å². The van der Waals surface area contributed by atoms with Crippen LogP contribution in [-0.2, 0) is 6.42 Å². The Morgan fingerprint density at radius 3 is 2.84 bits per heavy atom. The molecule has 0 saturated carbocycles. The van der Waals surface area contributed by atoms with E-state index in [2.05, 4.69) is 32.7 Å². The predicted molar refractivity (Wildman–Crippen MR) is 80.5 cm³/mol. The molecule has 0 aliphatic rings. The number of hydrogen-bond donors (Lipinski definition) is 1. The second-order valence-corrected chi connectivity index (χ2v) is 6.45. The molecule has 19 heavy (non-hydrogen) atoms. The monoisotopic (exact) mass is 343 g/mol. The zero-order valence-corrected chi connectivity index (χ0v) is 13.1. The lowest BCUT2D eigenvalue weighted by Gasteiger charge is -2.16. The van der Waals surface area contributed by atoms with Crippen LogP contribution < -0.4 is 10.1 Å². The van der Waals surface area contributed by atoms with Crippen LogP contribution in [0, 0.1) is 5.82 Å². The third kappa shape index (κ3) is 3.35. The molecule has 5 heteroatoms. The molecule has 0 aliphatic carbocycles. The highest BCUT2D eigenvalue weighted by Crippen LogP contribution is 2.29. The van der Waals surface area contributed by atoms with Gasteiger partial charge in [0.15, 0.2) is 11.6 Å². The van der Waals surface area contributed by atoms with Crippen molar-refractivity contribution in [3.63, 3.8) is 0 Å². The Balaban J connectivity index is 2.23. The molecular weight excluding hydrogens is 329 g/mol. The first-order chi connectivity index (χ1) is 9.15. The van der Waals surface area contributed by atoms with Gasteiger partial charge in [0.2, 0.25) is 0 Å². The van der Waals surface area contributed by atoms with Crippen molar-refractivity contribution in [2.24, 2.45) is 0 Å². The average molecular weight is 344 g/mol. The smallest absolute Gasteiger partial charge is 0.168 e. The minimum atomic E-state index is -0.278. The molecule has 1 heterocycles. The summed E-state index contributed by atoms with van der Waals surface area (Å²) in [5, 5.41) is 5.30. The first-order valence-corrected chi connectivity index (χ1v) is 7.55. The SMILES string of the molecule is CNC(Cc1cccc(OC)c1F)c1csc(Br)c1. The van der Waals surface area contributed by atoms with Crippen LogP contribution in [0.2, 0.25) is 0 Å². The second-order valence-electron chi connectivity index (χ2n) is 4.16. The maximum atomic E-state index is 14.1. The number of rotatable bonds is 5. The van der Waals surface area contributed by atoms with Gasteiger partial charge in [-0.3, -0.25) is 0 Å². The molecule has 0 spiro atoms. The lowest BCUT2D eigenvalue weighted by molar-refractivity contribution is 0.383. The topological polar surface area (TPSA) is 21.3 Å². The number of likely N-dealkylation sites (N-methyl/N-ethyl adjacent to an activating group) is 1. The largest absolute Gasteiger partial charge is 0.494 e. The van der Waals surface area contributed by atoms with E-state index in [9.17, 15) is 4.39 Å². The van der Waals surface area contributed by atoms with Gasteiger partial charge in [-0.25, -0.2) is 4.39 Å². The zero-order chi connectivity index (χ0) is 13.8. The summed E-state index contributed by atoms with van der Waals surface area (Å²) >= 11 is 5.08. The van der Waals surface area contributed by atoms with E-state index in [4.69, 9.17) is 4.74 Å². The fourth-order valence-electron chi connectivity index (χ4n) is 1.98. The average Bonchev–Trinajstić information content (AvgIpc) is 2.84. The van der Waals surface area contributed by atoms with Gasteiger partial charge in [0.05, 0.1) is 10.9 Å². The minimum Gasteiger partial charge on any atom is -0.494 e. The van der Waals surface area contributed by atoms with Crippen molar-refractivity contribution in [2.75, 3.05) is 14.2 Å². The van der Waals surface area contributed by atoms with E-state index in [1.165, 1.54) is 7.11 Å². The minimum absolute atomic E-state index is 0.0872. The molecule has 0 radical (unpaired) electrons. The Labute approximate surface area is 124 Å². The first-order valence-electron chi connectivity index (χ1n) is 5.88. The second kappa shape index (κ2) is 6.50. The maximum Gasteiger partial charge on any atom is 0.168 e. The molecule has 2 aromatic rings. The third-order valence-electron chi connectivity index (χ3n) is 3.03.